The van der Waals surface area contributed by atoms with Gasteiger partial charge in [-0.25, -0.2) is 9.18 Å². The fourth-order valence-electron chi connectivity index (χ4n) is 0.975. The minimum Gasteiger partial charge on any atom is -0.477 e. The average molecular weight is 235 g/mol. The molecule has 4 nitrogen and oxygen atoms in total. The zero-order chi connectivity index (χ0) is 11.4. The van der Waals surface area contributed by atoms with Crippen LogP contribution in [0, 0.1) is 5.82 Å². The van der Waals surface area contributed by atoms with Crippen molar-refractivity contribution in [3.63, 3.8) is 0 Å². The van der Waals surface area contributed by atoms with Crippen molar-refractivity contribution in [1.82, 2.24) is 0 Å². The van der Waals surface area contributed by atoms with Crippen LogP contribution in [0.4, 0.5) is 4.39 Å². The van der Waals surface area contributed by atoms with Gasteiger partial charge in [0.25, 0.3) is 0 Å². The molecule has 0 unspecified atom stereocenters. The molecule has 6 heteroatoms. The Morgan fingerprint density at radius 2 is 2.27 bits per heavy atom. The molecule has 0 amide bonds. The van der Waals surface area contributed by atoms with Gasteiger partial charge >= 0.3 is 5.97 Å². The highest BCUT2D eigenvalue weighted by Gasteiger charge is 2.19. The van der Waals surface area contributed by atoms with Crippen LogP contribution in [0.15, 0.2) is 12.1 Å². The van der Waals surface area contributed by atoms with Crippen molar-refractivity contribution in [2.75, 3.05) is 13.9 Å². The van der Waals surface area contributed by atoms with Gasteiger partial charge in [-0.2, -0.15) is 0 Å². The molecule has 0 saturated heterocycles. The van der Waals surface area contributed by atoms with Crippen molar-refractivity contribution in [3.05, 3.63) is 28.5 Å². The van der Waals surface area contributed by atoms with Gasteiger partial charge in [-0.1, -0.05) is 11.6 Å². The molecule has 0 saturated carbocycles. The van der Waals surface area contributed by atoms with Crippen molar-refractivity contribution in [3.8, 4) is 5.75 Å². The number of hydrogen-bond donors (Lipinski definition) is 1. The molecule has 82 valence electrons. The first kappa shape index (κ1) is 11.7. The maximum atomic E-state index is 13.3. The summed E-state index contributed by atoms with van der Waals surface area (Å²) in [5.74, 6) is -2.58. The third-order valence-corrected chi connectivity index (χ3v) is 1.89. The Morgan fingerprint density at radius 3 is 2.80 bits per heavy atom. The molecule has 0 aromatic heterocycles. The first-order chi connectivity index (χ1) is 7.07. The van der Waals surface area contributed by atoms with E-state index >= 15 is 0 Å². The van der Waals surface area contributed by atoms with E-state index in [1.807, 2.05) is 0 Å². The van der Waals surface area contributed by atoms with Crippen LogP contribution in [0.3, 0.4) is 0 Å². The van der Waals surface area contributed by atoms with Crippen molar-refractivity contribution in [2.45, 2.75) is 0 Å². The van der Waals surface area contributed by atoms with Crippen LogP contribution in [0.2, 0.25) is 5.02 Å². The number of methoxy groups -OCH3 is 1. The number of benzene rings is 1. The Kier molecular flexibility index (Phi) is 3.88. The minimum atomic E-state index is -1.44. The second-order valence-corrected chi connectivity index (χ2v) is 3.00. The number of carboxylic acids is 1. The summed E-state index contributed by atoms with van der Waals surface area (Å²) in [6.07, 6.45) is 0. The van der Waals surface area contributed by atoms with Gasteiger partial charge in [-0.05, 0) is 12.1 Å². The zero-order valence-electron chi connectivity index (χ0n) is 7.79. The van der Waals surface area contributed by atoms with Crippen molar-refractivity contribution in [1.29, 1.82) is 0 Å². The molecular formula is C9H8ClFO4. The Balaban J connectivity index is 3.15. The molecule has 15 heavy (non-hydrogen) atoms. The van der Waals surface area contributed by atoms with Gasteiger partial charge in [0, 0.05) is 7.11 Å². The normalized spacial score (nSPS) is 10.1. The summed E-state index contributed by atoms with van der Waals surface area (Å²) in [7, 11) is 1.37. The van der Waals surface area contributed by atoms with Gasteiger partial charge in [-0.15, -0.1) is 0 Å². The van der Waals surface area contributed by atoms with Gasteiger partial charge < -0.3 is 14.6 Å². The number of carbonyl (C=O) groups is 1. The molecule has 0 aliphatic carbocycles. The van der Waals surface area contributed by atoms with E-state index in [0.29, 0.717) is 0 Å². The molecule has 1 N–H and O–H groups in total. The second-order valence-electron chi connectivity index (χ2n) is 2.59. The van der Waals surface area contributed by atoms with Crippen molar-refractivity contribution >= 4 is 17.6 Å². The Labute approximate surface area is 90.2 Å². The van der Waals surface area contributed by atoms with Crippen LogP contribution < -0.4 is 4.74 Å². The molecule has 0 radical (unpaired) electrons. The first-order valence-corrected chi connectivity index (χ1v) is 4.28. The zero-order valence-corrected chi connectivity index (χ0v) is 8.55. The van der Waals surface area contributed by atoms with E-state index in [1.54, 1.807) is 0 Å². The van der Waals surface area contributed by atoms with Crippen LogP contribution in [-0.4, -0.2) is 25.0 Å². The van der Waals surface area contributed by atoms with Gasteiger partial charge in [0.05, 0.1) is 5.02 Å². The summed E-state index contributed by atoms with van der Waals surface area (Å²) < 4.78 is 22.8. The summed E-state index contributed by atoms with van der Waals surface area (Å²) in [6, 6.07) is 2.49. The van der Waals surface area contributed by atoms with E-state index in [0.717, 1.165) is 0 Å². The van der Waals surface area contributed by atoms with Gasteiger partial charge in [-0.3, -0.25) is 0 Å². The van der Waals surface area contributed by atoms with E-state index < -0.39 is 17.3 Å². The molecule has 0 fully saturated rings. The highest BCUT2D eigenvalue weighted by atomic mass is 35.5. The second kappa shape index (κ2) is 4.95. The predicted molar refractivity (Wildman–Crippen MR) is 50.9 cm³/mol. The van der Waals surface area contributed by atoms with E-state index in [-0.39, 0.29) is 17.6 Å². The molecule has 1 aromatic rings. The quantitative estimate of drug-likeness (QED) is 0.811. The molecule has 0 bridgehead atoms. The van der Waals surface area contributed by atoms with E-state index in [2.05, 4.69) is 4.74 Å². The Bertz CT molecular complexity index is 381. The van der Waals surface area contributed by atoms with Crippen LogP contribution in [0.5, 0.6) is 5.75 Å². The standard InChI is InChI=1S/C9H8ClFO4/c1-14-4-15-6-3-2-5(10)8(11)7(6)9(12)13/h2-3H,4H2,1H3,(H,12,13). The van der Waals surface area contributed by atoms with E-state index in [9.17, 15) is 9.18 Å². The molecule has 0 atom stereocenters. The lowest BCUT2D eigenvalue weighted by molar-refractivity contribution is 0.0479. The monoisotopic (exact) mass is 234 g/mol. The van der Waals surface area contributed by atoms with Crippen molar-refractivity contribution < 1.29 is 23.8 Å². The average Bonchev–Trinajstić information content (AvgIpc) is 2.19. The van der Waals surface area contributed by atoms with Crippen LogP contribution in [0.25, 0.3) is 0 Å². The number of ether oxygens (including phenoxy) is 2. The lowest BCUT2D eigenvalue weighted by atomic mass is 10.2. The molecule has 1 rings (SSSR count). The molecular weight excluding hydrogens is 227 g/mol. The largest absolute Gasteiger partial charge is 0.477 e. The summed E-state index contributed by atoms with van der Waals surface area (Å²) in [4.78, 5) is 10.7. The SMILES string of the molecule is COCOc1ccc(Cl)c(F)c1C(=O)O. The van der Waals surface area contributed by atoms with Gasteiger partial charge in [0.15, 0.2) is 12.6 Å². The number of hydrogen-bond acceptors (Lipinski definition) is 3. The third-order valence-electron chi connectivity index (χ3n) is 1.60. The van der Waals surface area contributed by atoms with E-state index in [1.165, 1.54) is 19.2 Å². The maximum Gasteiger partial charge on any atom is 0.342 e. The molecule has 0 aliphatic rings. The predicted octanol–water partition coefficient (Wildman–Crippen LogP) is 2.16. The van der Waals surface area contributed by atoms with Crippen LogP contribution in [0.1, 0.15) is 10.4 Å². The van der Waals surface area contributed by atoms with Crippen LogP contribution in [-0.2, 0) is 4.74 Å². The molecule has 0 heterocycles. The smallest absolute Gasteiger partial charge is 0.342 e. The summed E-state index contributed by atoms with van der Waals surface area (Å²) >= 11 is 5.44. The van der Waals surface area contributed by atoms with Crippen molar-refractivity contribution in [2.24, 2.45) is 0 Å². The molecule has 1 aromatic carbocycles. The third kappa shape index (κ3) is 2.57. The number of aromatic carboxylic acids is 1. The highest BCUT2D eigenvalue weighted by Crippen LogP contribution is 2.27. The van der Waals surface area contributed by atoms with Gasteiger partial charge in [0.2, 0.25) is 0 Å². The minimum absolute atomic E-state index is 0.119. The summed E-state index contributed by atoms with van der Waals surface area (Å²) in [6.45, 7) is -0.165. The maximum absolute atomic E-state index is 13.3. The highest BCUT2D eigenvalue weighted by molar-refractivity contribution is 6.31. The Hall–Kier alpha value is -1.33. The number of halogens is 2. The summed E-state index contributed by atoms with van der Waals surface area (Å²) in [5.41, 5.74) is -0.598. The molecule has 0 spiro atoms. The van der Waals surface area contributed by atoms with Crippen LogP contribution >= 0.6 is 11.6 Å². The lowest BCUT2D eigenvalue weighted by Gasteiger charge is -2.09. The fourth-order valence-corrected chi connectivity index (χ4v) is 1.13. The Morgan fingerprint density at radius 1 is 1.60 bits per heavy atom. The number of carboxylic acid groups (broad SMARTS) is 1. The fraction of sp³-hybridized carbons (Fsp3) is 0.222. The first-order valence-electron chi connectivity index (χ1n) is 3.91. The molecule has 0 aliphatic heterocycles. The van der Waals surface area contributed by atoms with Gasteiger partial charge in [0.1, 0.15) is 11.3 Å². The van der Waals surface area contributed by atoms with E-state index in [4.69, 9.17) is 21.4 Å². The lowest BCUT2D eigenvalue weighted by Crippen LogP contribution is -2.08. The topological polar surface area (TPSA) is 55.8 Å². The number of rotatable bonds is 4. The summed E-state index contributed by atoms with van der Waals surface area (Å²) in [5, 5.41) is 8.48.